The first-order valence-electron chi connectivity index (χ1n) is 6.82. The number of hydrogen-bond donors (Lipinski definition) is 2. The van der Waals surface area contributed by atoms with Crippen molar-refractivity contribution in [3.05, 3.63) is 0 Å². The fourth-order valence-corrected chi connectivity index (χ4v) is 2.32. The van der Waals surface area contributed by atoms with Crippen molar-refractivity contribution in [1.29, 1.82) is 0 Å². The van der Waals surface area contributed by atoms with Crippen molar-refractivity contribution in [2.45, 2.75) is 44.1 Å². The van der Waals surface area contributed by atoms with E-state index >= 15 is 0 Å². The second-order valence-electron chi connectivity index (χ2n) is 4.93. The summed E-state index contributed by atoms with van der Waals surface area (Å²) in [5, 5.41) is 2.81. The van der Waals surface area contributed by atoms with Crippen molar-refractivity contribution in [3.8, 4) is 0 Å². The summed E-state index contributed by atoms with van der Waals surface area (Å²) >= 11 is 0. The van der Waals surface area contributed by atoms with E-state index in [0.29, 0.717) is 19.7 Å². The summed E-state index contributed by atoms with van der Waals surface area (Å²) in [6, 6.07) is 0. The summed E-state index contributed by atoms with van der Waals surface area (Å²) in [5.74, 6) is -0.0653. The van der Waals surface area contributed by atoms with E-state index in [9.17, 15) is 4.79 Å². The predicted molar refractivity (Wildman–Crippen MR) is 70.3 cm³/mol. The normalized spacial score (nSPS) is 18.6. The van der Waals surface area contributed by atoms with Gasteiger partial charge in [0.25, 0.3) is 0 Å². The number of hydrogen-bond acceptors (Lipinski definition) is 4. The number of carbonyl (C=O) groups excluding carboxylic acids is 1. The largest absolute Gasteiger partial charge is 0.385 e. The predicted octanol–water partition coefficient (Wildman–Crippen LogP) is 0.817. The molecule has 0 saturated heterocycles. The van der Waals surface area contributed by atoms with Crippen molar-refractivity contribution < 1.29 is 14.3 Å². The zero-order valence-corrected chi connectivity index (χ0v) is 11.4. The average molecular weight is 258 g/mol. The van der Waals surface area contributed by atoms with Gasteiger partial charge >= 0.3 is 0 Å². The number of methoxy groups -OCH3 is 1. The van der Waals surface area contributed by atoms with Gasteiger partial charge in [-0.15, -0.1) is 0 Å². The van der Waals surface area contributed by atoms with Gasteiger partial charge in [0.1, 0.15) is 6.61 Å². The number of rotatable bonds is 8. The molecule has 106 valence electrons. The number of nitrogens with one attached hydrogen (secondary N) is 1. The van der Waals surface area contributed by atoms with E-state index in [4.69, 9.17) is 15.2 Å². The van der Waals surface area contributed by atoms with Gasteiger partial charge in [0.2, 0.25) is 5.91 Å². The molecule has 0 aromatic heterocycles. The number of amides is 1. The monoisotopic (exact) mass is 258 g/mol. The third-order valence-corrected chi connectivity index (χ3v) is 3.49. The maximum Gasteiger partial charge on any atom is 0.246 e. The zero-order chi connectivity index (χ0) is 13.3. The van der Waals surface area contributed by atoms with Crippen LogP contribution in [0.5, 0.6) is 0 Å². The van der Waals surface area contributed by atoms with Gasteiger partial charge in [0.05, 0.1) is 5.60 Å². The Kier molecular flexibility index (Phi) is 7.23. The van der Waals surface area contributed by atoms with Gasteiger partial charge in [0, 0.05) is 26.8 Å². The number of carbonyl (C=O) groups is 1. The molecule has 1 aliphatic rings. The van der Waals surface area contributed by atoms with Crippen LogP contribution in [-0.2, 0) is 14.3 Å². The van der Waals surface area contributed by atoms with E-state index in [1.54, 1.807) is 7.11 Å². The van der Waals surface area contributed by atoms with Gasteiger partial charge in [-0.25, -0.2) is 0 Å². The molecule has 5 nitrogen and oxygen atoms in total. The summed E-state index contributed by atoms with van der Waals surface area (Å²) in [6.07, 6.45) is 6.30. The summed E-state index contributed by atoms with van der Waals surface area (Å²) in [7, 11) is 1.65. The lowest BCUT2D eigenvalue weighted by molar-refractivity contribution is -0.135. The van der Waals surface area contributed by atoms with Gasteiger partial charge in [-0.1, -0.05) is 19.3 Å². The Morgan fingerprint density at radius 1 is 1.33 bits per heavy atom. The van der Waals surface area contributed by atoms with E-state index < -0.39 is 0 Å². The Labute approximate surface area is 109 Å². The number of nitrogens with two attached hydrogens (primary N) is 1. The van der Waals surface area contributed by atoms with Crippen LogP contribution >= 0.6 is 0 Å². The first-order valence-corrected chi connectivity index (χ1v) is 6.82. The Hall–Kier alpha value is -0.650. The van der Waals surface area contributed by atoms with Crippen LogP contribution in [0, 0.1) is 0 Å². The molecule has 1 rings (SSSR count). The van der Waals surface area contributed by atoms with Crippen LogP contribution in [0.1, 0.15) is 38.5 Å². The standard InChI is InChI=1S/C13H26N2O3/c1-17-9-5-8-15-12(16)10-18-13(11-14)6-3-2-4-7-13/h2-11,14H2,1H3,(H,15,16). The van der Waals surface area contributed by atoms with E-state index in [-0.39, 0.29) is 18.1 Å². The van der Waals surface area contributed by atoms with Crippen LogP contribution in [-0.4, -0.2) is 44.9 Å². The molecule has 0 aromatic rings. The molecule has 3 N–H and O–H groups in total. The maximum absolute atomic E-state index is 11.6. The minimum Gasteiger partial charge on any atom is -0.385 e. The molecule has 0 aromatic carbocycles. The van der Waals surface area contributed by atoms with Crippen LogP contribution in [0.4, 0.5) is 0 Å². The molecule has 0 radical (unpaired) electrons. The molecule has 1 amide bonds. The SMILES string of the molecule is COCCCNC(=O)COC1(CN)CCCCC1. The lowest BCUT2D eigenvalue weighted by Gasteiger charge is -2.35. The Bertz CT molecular complexity index is 240. The highest BCUT2D eigenvalue weighted by Crippen LogP contribution is 2.30. The fraction of sp³-hybridized carbons (Fsp3) is 0.923. The van der Waals surface area contributed by atoms with Crippen molar-refractivity contribution in [2.75, 3.05) is 33.4 Å². The smallest absolute Gasteiger partial charge is 0.246 e. The van der Waals surface area contributed by atoms with Crippen LogP contribution in [0.25, 0.3) is 0 Å². The first kappa shape index (κ1) is 15.4. The third-order valence-electron chi connectivity index (χ3n) is 3.49. The van der Waals surface area contributed by atoms with Crippen LogP contribution in [0.15, 0.2) is 0 Å². The lowest BCUT2D eigenvalue weighted by atomic mass is 9.85. The van der Waals surface area contributed by atoms with Crippen molar-refractivity contribution >= 4 is 5.91 Å². The molecule has 0 bridgehead atoms. The number of ether oxygens (including phenoxy) is 2. The molecular formula is C13H26N2O3. The second kappa shape index (κ2) is 8.45. The van der Waals surface area contributed by atoms with Crippen molar-refractivity contribution in [2.24, 2.45) is 5.73 Å². The highest BCUT2D eigenvalue weighted by Gasteiger charge is 2.31. The van der Waals surface area contributed by atoms with Gasteiger partial charge in [-0.05, 0) is 19.3 Å². The topological polar surface area (TPSA) is 73.6 Å². The lowest BCUT2D eigenvalue weighted by Crippen LogP contribution is -2.45. The van der Waals surface area contributed by atoms with Crippen LogP contribution in [0.2, 0.25) is 0 Å². The van der Waals surface area contributed by atoms with Gasteiger partial charge in [-0.3, -0.25) is 4.79 Å². The average Bonchev–Trinajstić information content (AvgIpc) is 2.42. The zero-order valence-electron chi connectivity index (χ0n) is 11.4. The summed E-state index contributed by atoms with van der Waals surface area (Å²) in [5.41, 5.74) is 5.53. The highest BCUT2D eigenvalue weighted by molar-refractivity contribution is 5.77. The highest BCUT2D eigenvalue weighted by atomic mass is 16.5. The van der Waals surface area contributed by atoms with Crippen LogP contribution < -0.4 is 11.1 Å². The van der Waals surface area contributed by atoms with Crippen LogP contribution in [0.3, 0.4) is 0 Å². The van der Waals surface area contributed by atoms with E-state index in [2.05, 4.69) is 5.32 Å². The quantitative estimate of drug-likeness (QED) is 0.632. The molecule has 0 unspecified atom stereocenters. The van der Waals surface area contributed by atoms with Crippen molar-refractivity contribution in [3.63, 3.8) is 0 Å². The first-order chi connectivity index (χ1) is 8.72. The summed E-state index contributed by atoms with van der Waals surface area (Å²) in [4.78, 5) is 11.6. The van der Waals surface area contributed by atoms with Gasteiger partial charge in [0.15, 0.2) is 0 Å². The molecule has 0 aliphatic heterocycles. The molecular weight excluding hydrogens is 232 g/mol. The molecule has 0 atom stereocenters. The molecule has 0 spiro atoms. The van der Waals surface area contributed by atoms with Gasteiger partial charge < -0.3 is 20.5 Å². The van der Waals surface area contributed by atoms with Gasteiger partial charge in [-0.2, -0.15) is 0 Å². The summed E-state index contributed by atoms with van der Waals surface area (Å²) < 4.78 is 10.7. The van der Waals surface area contributed by atoms with Crippen molar-refractivity contribution in [1.82, 2.24) is 5.32 Å². The van der Waals surface area contributed by atoms with E-state index in [0.717, 1.165) is 32.1 Å². The molecule has 1 saturated carbocycles. The fourth-order valence-electron chi connectivity index (χ4n) is 2.32. The minimum atomic E-state index is -0.262. The molecule has 18 heavy (non-hydrogen) atoms. The molecule has 0 heterocycles. The molecule has 5 heteroatoms. The van der Waals surface area contributed by atoms with E-state index in [1.807, 2.05) is 0 Å². The summed E-state index contributed by atoms with van der Waals surface area (Å²) in [6.45, 7) is 1.91. The Balaban J connectivity index is 2.19. The molecule has 1 aliphatic carbocycles. The minimum absolute atomic E-state index is 0.0653. The van der Waals surface area contributed by atoms with E-state index in [1.165, 1.54) is 6.42 Å². The third kappa shape index (κ3) is 5.33. The molecule has 1 fully saturated rings. The Morgan fingerprint density at radius 2 is 2.06 bits per heavy atom. The maximum atomic E-state index is 11.6. The Morgan fingerprint density at radius 3 is 2.67 bits per heavy atom. The second-order valence-corrected chi connectivity index (χ2v) is 4.93.